The van der Waals surface area contributed by atoms with E-state index in [1.54, 1.807) is 6.92 Å². The molecule has 0 spiro atoms. The van der Waals surface area contributed by atoms with E-state index in [4.69, 9.17) is 0 Å². The Morgan fingerprint density at radius 2 is 1.94 bits per heavy atom. The second kappa shape index (κ2) is 5.87. The number of likely N-dealkylation sites (tertiary alicyclic amines) is 1. The van der Waals surface area contributed by atoms with Crippen LogP contribution in [0.15, 0.2) is 0 Å². The summed E-state index contributed by atoms with van der Waals surface area (Å²) < 4.78 is 0. The summed E-state index contributed by atoms with van der Waals surface area (Å²) in [7, 11) is 0. The highest BCUT2D eigenvalue weighted by atomic mass is 16.2. The van der Waals surface area contributed by atoms with E-state index in [9.17, 15) is 9.59 Å². The lowest BCUT2D eigenvalue weighted by Gasteiger charge is -2.31. The van der Waals surface area contributed by atoms with Crippen LogP contribution in [0.5, 0.6) is 0 Å². The monoisotopic (exact) mass is 226 g/mol. The van der Waals surface area contributed by atoms with Crippen molar-refractivity contribution in [2.24, 2.45) is 5.92 Å². The van der Waals surface area contributed by atoms with Crippen molar-refractivity contribution < 1.29 is 9.59 Å². The molecule has 0 aromatic rings. The molecule has 0 aromatic carbocycles. The molecule has 2 amide bonds. The molecule has 1 aliphatic heterocycles. The van der Waals surface area contributed by atoms with Crippen LogP contribution >= 0.6 is 0 Å². The average molecular weight is 226 g/mol. The molecule has 0 aromatic heterocycles. The Morgan fingerprint density at radius 1 is 1.38 bits per heavy atom. The van der Waals surface area contributed by atoms with Gasteiger partial charge in [-0.2, -0.15) is 0 Å². The van der Waals surface area contributed by atoms with Gasteiger partial charge in [0.1, 0.15) is 0 Å². The summed E-state index contributed by atoms with van der Waals surface area (Å²) in [4.78, 5) is 24.8. The van der Waals surface area contributed by atoms with E-state index in [1.165, 1.54) is 0 Å². The predicted molar refractivity (Wildman–Crippen MR) is 62.9 cm³/mol. The van der Waals surface area contributed by atoms with Crippen LogP contribution in [0, 0.1) is 5.92 Å². The zero-order valence-electron chi connectivity index (χ0n) is 10.5. The molecule has 1 atom stereocenters. The quantitative estimate of drug-likeness (QED) is 0.785. The van der Waals surface area contributed by atoms with Gasteiger partial charge in [-0.25, -0.2) is 0 Å². The van der Waals surface area contributed by atoms with Gasteiger partial charge in [0.15, 0.2) is 0 Å². The van der Waals surface area contributed by atoms with E-state index in [2.05, 4.69) is 12.2 Å². The molecule has 1 aliphatic rings. The maximum absolute atomic E-state index is 11.8. The number of piperidine rings is 1. The second-order valence-electron chi connectivity index (χ2n) is 4.60. The number of amides is 2. The highest BCUT2D eigenvalue weighted by Crippen LogP contribution is 2.17. The number of rotatable bonds is 3. The van der Waals surface area contributed by atoms with Crippen LogP contribution in [0.1, 0.15) is 40.0 Å². The van der Waals surface area contributed by atoms with Gasteiger partial charge in [0.25, 0.3) is 0 Å². The Hall–Kier alpha value is -1.06. The van der Waals surface area contributed by atoms with E-state index >= 15 is 0 Å². The molecule has 4 nitrogen and oxygen atoms in total. The van der Waals surface area contributed by atoms with E-state index in [0.717, 1.165) is 19.3 Å². The molecule has 0 bridgehead atoms. The molecule has 0 aliphatic carbocycles. The van der Waals surface area contributed by atoms with Crippen molar-refractivity contribution in [2.75, 3.05) is 13.1 Å². The summed E-state index contributed by atoms with van der Waals surface area (Å²) in [6.07, 6.45) is 2.54. The van der Waals surface area contributed by atoms with Crippen molar-refractivity contribution >= 4 is 11.8 Å². The fourth-order valence-electron chi connectivity index (χ4n) is 1.92. The van der Waals surface area contributed by atoms with Crippen LogP contribution < -0.4 is 5.32 Å². The average Bonchev–Trinajstić information content (AvgIpc) is 2.28. The van der Waals surface area contributed by atoms with Gasteiger partial charge < -0.3 is 10.2 Å². The zero-order valence-corrected chi connectivity index (χ0v) is 10.5. The van der Waals surface area contributed by atoms with E-state index in [1.807, 2.05) is 11.8 Å². The molecule has 0 radical (unpaired) electrons. The largest absolute Gasteiger partial charge is 0.353 e. The number of nitrogens with one attached hydrogen (secondary N) is 1. The van der Waals surface area contributed by atoms with Crippen molar-refractivity contribution in [2.45, 2.75) is 46.1 Å². The predicted octanol–water partition coefficient (Wildman–Crippen LogP) is 1.16. The first-order valence-corrected chi connectivity index (χ1v) is 6.10. The number of carbonyl (C=O) groups is 2. The Balaban J connectivity index is 2.36. The molecular weight excluding hydrogens is 204 g/mol. The summed E-state index contributed by atoms with van der Waals surface area (Å²) in [5, 5.41) is 3.00. The zero-order chi connectivity index (χ0) is 12.1. The summed E-state index contributed by atoms with van der Waals surface area (Å²) in [6, 6.07) is 0.248. The van der Waals surface area contributed by atoms with Gasteiger partial charge in [-0.05, 0) is 26.2 Å². The van der Waals surface area contributed by atoms with Crippen molar-refractivity contribution in [3.8, 4) is 0 Å². The fraction of sp³-hybridized carbons (Fsp3) is 0.833. The van der Waals surface area contributed by atoms with Gasteiger partial charge in [-0.1, -0.05) is 6.92 Å². The van der Waals surface area contributed by atoms with Crippen molar-refractivity contribution in [3.63, 3.8) is 0 Å². The molecule has 1 N–H and O–H groups in total. The molecule has 1 heterocycles. The van der Waals surface area contributed by atoms with Gasteiger partial charge in [0.2, 0.25) is 11.8 Å². The number of nitrogens with zero attached hydrogens (tertiary/aromatic N) is 1. The maximum Gasteiger partial charge on any atom is 0.223 e. The topological polar surface area (TPSA) is 49.4 Å². The van der Waals surface area contributed by atoms with E-state index < -0.39 is 0 Å². The van der Waals surface area contributed by atoms with Gasteiger partial charge in [-0.3, -0.25) is 9.59 Å². The Labute approximate surface area is 97.4 Å². The van der Waals surface area contributed by atoms with E-state index in [0.29, 0.717) is 13.1 Å². The van der Waals surface area contributed by atoms with Gasteiger partial charge in [0, 0.05) is 32.0 Å². The normalized spacial score (nSPS) is 19.3. The number of carbonyl (C=O) groups excluding carboxylic acids is 2. The van der Waals surface area contributed by atoms with E-state index in [-0.39, 0.29) is 23.8 Å². The highest BCUT2D eigenvalue weighted by molar-refractivity contribution is 5.79. The number of hydrogen-bond acceptors (Lipinski definition) is 2. The summed E-state index contributed by atoms with van der Waals surface area (Å²) in [6.45, 7) is 7.09. The summed E-state index contributed by atoms with van der Waals surface area (Å²) >= 11 is 0. The van der Waals surface area contributed by atoms with Crippen molar-refractivity contribution in [1.29, 1.82) is 0 Å². The molecule has 4 heteroatoms. The third kappa shape index (κ3) is 3.51. The van der Waals surface area contributed by atoms with Crippen LogP contribution in [0.3, 0.4) is 0 Å². The summed E-state index contributed by atoms with van der Waals surface area (Å²) in [5.41, 5.74) is 0. The lowest BCUT2D eigenvalue weighted by molar-refractivity contribution is -0.134. The van der Waals surface area contributed by atoms with Crippen LogP contribution in [0.4, 0.5) is 0 Å². The number of hydrogen-bond donors (Lipinski definition) is 1. The molecular formula is C12H22N2O2. The third-order valence-corrected chi connectivity index (χ3v) is 3.31. The molecule has 1 fully saturated rings. The van der Waals surface area contributed by atoms with Crippen LogP contribution in [-0.4, -0.2) is 35.8 Å². The maximum atomic E-state index is 11.8. The first-order chi connectivity index (χ1) is 7.54. The highest BCUT2D eigenvalue weighted by Gasteiger charge is 2.26. The summed E-state index contributed by atoms with van der Waals surface area (Å²) in [5.74, 6) is 0.350. The smallest absolute Gasteiger partial charge is 0.223 e. The van der Waals surface area contributed by atoms with Crippen molar-refractivity contribution in [3.05, 3.63) is 0 Å². The lowest BCUT2D eigenvalue weighted by Crippen LogP contribution is -2.44. The first-order valence-electron chi connectivity index (χ1n) is 6.10. The SMILES string of the molecule is CC[C@H](C)NC(=O)C1CCN(C(C)=O)CC1. The molecule has 92 valence electrons. The minimum atomic E-state index is 0.0876. The third-order valence-electron chi connectivity index (χ3n) is 3.31. The standard InChI is InChI=1S/C12H22N2O2/c1-4-9(2)13-12(16)11-5-7-14(8-6-11)10(3)15/h9,11H,4-8H2,1-3H3,(H,13,16)/t9-/m0/s1. The van der Waals surface area contributed by atoms with Crippen LogP contribution in [0.25, 0.3) is 0 Å². The van der Waals surface area contributed by atoms with Crippen molar-refractivity contribution in [1.82, 2.24) is 10.2 Å². The second-order valence-corrected chi connectivity index (χ2v) is 4.60. The lowest BCUT2D eigenvalue weighted by atomic mass is 9.95. The van der Waals surface area contributed by atoms with Crippen LogP contribution in [0.2, 0.25) is 0 Å². The molecule has 1 saturated heterocycles. The molecule has 16 heavy (non-hydrogen) atoms. The van der Waals surface area contributed by atoms with Crippen LogP contribution in [-0.2, 0) is 9.59 Å². The van der Waals surface area contributed by atoms with Gasteiger partial charge >= 0.3 is 0 Å². The molecule has 0 saturated carbocycles. The van der Waals surface area contributed by atoms with Gasteiger partial charge in [0.05, 0.1) is 0 Å². The minimum absolute atomic E-state index is 0.0876. The van der Waals surface area contributed by atoms with Gasteiger partial charge in [-0.15, -0.1) is 0 Å². The Kier molecular flexibility index (Phi) is 4.77. The molecule has 0 unspecified atom stereocenters. The fourth-order valence-corrected chi connectivity index (χ4v) is 1.92. The minimum Gasteiger partial charge on any atom is -0.353 e. The molecule has 1 rings (SSSR count). The first kappa shape index (κ1) is 13.0. The Bertz CT molecular complexity index is 258. The Morgan fingerprint density at radius 3 is 2.38 bits per heavy atom.